The molecule has 2 N–H and O–H groups in total. The molecule has 0 atom stereocenters. The topological polar surface area (TPSA) is 166 Å². The Labute approximate surface area is 357 Å². The van der Waals surface area contributed by atoms with Gasteiger partial charge in [0, 0.05) is 46.8 Å². The summed E-state index contributed by atoms with van der Waals surface area (Å²) < 4.78 is 43.0. The first-order chi connectivity index (χ1) is 30.0. The van der Waals surface area contributed by atoms with E-state index in [2.05, 4.69) is 22.5 Å². The first kappa shape index (κ1) is 43.1. The highest BCUT2D eigenvalue weighted by Crippen LogP contribution is 2.36. The van der Waals surface area contributed by atoms with Crippen LogP contribution in [0.5, 0.6) is 46.0 Å². The van der Waals surface area contributed by atoms with Gasteiger partial charge in [0.2, 0.25) is 0 Å². The third-order valence-corrected chi connectivity index (χ3v) is 9.14. The fourth-order valence-corrected chi connectivity index (χ4v) is 5.88. The first-order valence-corrected chi connectivity index (χ1v) is 18.7. The Morgan fingerprint density at radius 1 is 0.387 bits per heavy atom. The number of hydrogen-bond donors (Lipinski definition) is 2. The van der Waals surface area contributed by atoms with Crippen LogP contribution in [-0.2, 0) is 0 Å². The Morgan fingerprint density at radius 2 is 0.694 bits per heavy atom. The van der Waals surface area contributed by atoms with Crippen molar-refractivity contribution in [2.45, 2.75) is 0 Å². The van der Waals surface area contributed by atoms with Crippen molar-refractivity contribution in [3.8, 4) is 57.8 Å². The molecule has 62 heavy (non-hydrogen) atoms. The fraction of sp³-hybridized carbons (Fsp3) is 0.125. The number of ether oxygens (including phenoxy) is 8. The molecule has 0 fully saturated rings. The number of carbonyl (C=O) groups excluding carboxylic acids is 4. The molecule has 314 valence electrons. The molecule has 14 heteroatoms. The van der Waals surface area contributed by atoms with Crippen LogP contribution in [0.4, 0.5) is 11.4 Å². The molecule has 0 bridgehead atoms. The van der Waals surface area contributed by atoms with E-state index in [4.69, 9.17) is 37.9 Å². The number of hydrogen-bond acceptors (Lipinski definition) is 12. The highest BCUT2D eigenvalue weighted by Gasteiger charge is 2.20. The van der Waals surface area contributed by atoms with Gasteiger partial charge in [-0.25, -0.2) is 9.59 Å². The maximum atomic E-state index is 13.0. The van der Waals surface area contributed by atoms with Crippen LogP contribution in [0.15, 0.2) is 121 Å². The molecule has 0 aromatic heterocycles. The summed E-state index contributed by atoms with van der Waals surface area (Å²) in [5, 5.41) is 5.57. The molecule has 6 aromatic rings. The van der Waals surface area contributed by atoms with E-state index in [1.165, 1.54) is 79.1 Å². The smallest absolute Gasteiger partial charge is 0.343 e. The van der Waals surface area contributed by atoms with Gasteiger partial charge in [-0.05, 0) is 97.1 Å². The molecule has 0 unspecified atom stereocenters. The molecular formula is C48H40N2O12. The number of methoxy groups -OCH3 is 6. The minimum absolute atomic E-state index is 0.236. The molecule has 0 saturated carbocycles. The molecule has 14 nitrogen and oxygen atoms in total. The van der Waals surface area contributed by atoms with E-state index in [1.54, 1.807) is 84.9 Å². The van der Waals surface area contributed by atoms with Gasteiger partial charge >= 0.3 is 11.9 Å². The lowest BCUT2D eigenvalue weighted by Crippen LogP contribution is -2.14. The number of anilines is 2. The van der Waals surface area contributed by atoms with Crippen molar-refractivity contribution < 1.29 is 57.1 Å². The quantitative estimate of drug-likeness (QED) is 0.0616. The summed E-state index contributed by atoms with van der Waals surface area (Å²) in [4.78, 5) is 51.8. The van der Waals surface area contributed by atoms with E-state index in [9.17, 15) is 19.2 Å². The minimum Gasteiger partial charge on any atom is -0.496 e. The lowest BCUT2D eigenvalue weighted by Gasteiger charge is -2.14. The second kappa shape index (κ2) is 20.0. The highest BCUT2D eigenvalue weighted by atomic mass is 16.5. The van der Waals surface area contributed by atoms with Crippen LogP contribution in [0.3, 0.4) is 0 Å². The molecule has 0 aliphatic rings. The van der Waals surface area contributed by atoms with Crippen LogP contribution in [0, 0.1) is 11.8 Å². The van der Waals surface area contributed by atoms with Crippen molar-refractivity contribution in [3.05, 3.63) is 155 Å². The van der Waals surface area contributed by atoms with E-state index < -0.39 is 23.8 Å². The molecule has 0 aliphatic heterocycles. The monoisotopic (exact) mass is 836 g/mol. The van der Waals surface area contributed by atoms with Gasteiger partial charge in [0.15, 0.2) is 23.0 Å². The standard InChI is InChI=1S/C48H40N2O12/c1-55-39-27-43(59-5)41(57-3)25-37(39)45(51)49-33-17-13-31(14-18-33)47(53)61-35-21-9-29(10-22-35)7-8-30-11-23-36(24-12-30)62-48(54)32-15-19-34(20-16-32)50-46(52)38-26-42(58-4)44(60-6)28-40(38)56-2/h9-28H,1-6H3,(H,49,51)(H,50,52). The lowest BCUT2D eigenvalue weighted by molar-refractivity contribution is 0.0725. The average Bonchev–Trinajstić information content (AvgIpc) is 3.31. The van der Waals surface area contributed by atoms with E-state index in [1.807, 2.05) is 0 Å². The zero-order valence-electron chi connectivity index (χ0n) is 34.4. The second-order valence-corrected chi connectivity index (χ2v) is 13.0. The van der Waals surface area contributed by atoms with Crippen molar-refractivity contribution in [2.24, 2.45) is 0 Å². The predicted octanol–water partition coefficient (Wildman–Crippen LogP) is 8.08. The second-order valence-electron chi connectivity index (χ2n) is 13.0. The van der Waals surface area contributed by atoms with Crippen LogP contribution >= 0.6 is 0 Å². The van der Waals surface area contributed by atoms with Crippen LogP contribution in [0.2, 0.25) is 0 Å². The van der Waals surface area contributed by atoms with Crippen LogP contribution < -0.4 is 48.5 Å². The van der Waals surface area contributed by atoms with Crippen molar-refractivity contribution in [1.29, 1.82) is 0 Å². The minimum atomic E-state index is -0.585. The van der Waals surface area contributed by atoms with Gasteiger partial charge in [0.1, 0.15) is 23.0 Å². The van der Waals surface area contributed by atoms with Gasteiger partial charge in [0.05, 0.1) is 64.9 Å². The Hall–Kier alpha value is -8.44. The molecule has 0 spiro atoms. The predicted molar refractivity (Wildman–Crippen MR) is 230 cm³/mol. The van der Waals surface area contributed by atoms with E-state index in [-0.39, 0.29) is 22.3 Å². The van der Waals surface area contributed by atoms with Gasteiger partial charge in [-0.1, -0.05) is 11.8 Å². The maximum Gasteiger partial charge on any atom is 0.343 e. The number of esters is 2. The van der Waals surface area contributed by atoms with Crippen LogP contribution in [0.1, 0.15) is 52.6 Å². The number of nitrogens with one attached hydrogen (secondary N) is 2. The molecule has 6 aromatic carbocycles. The highest BCUT2D eigenvalue weighted by molar-refractivity contribution is 6.08. The van der Waals surface area contributed by atoms with Gasteiger partial charge in [-0.2, -0.15) is 0 Å². The summed E-state index contributed by atoms with van der Waals surface area (Å²) in [7, 11) is 8.80. The zero-order chi connectivity index (χ0) is 44.2. The Morgan fingerprint density at radius 3 is 1.00 bits per heavy atom. The van der Waals surface area contributed by atoms with Crippen molar-refractivity contribution >= 4 is 35.1 Å². The maximum absolute atomic E-state index is 13.0. The Bertz CT molecular complexity index is 2470. The summed E-state index contributed by atoms with van der Waals surface area (Å²) in [5.74, 6) is 6.86. The molecule has 0 radical (unpaired) electrons. The van der Waals surface area contributed by atoms with Gasteiger partial charge in [-0.3, -0.25) is 9.59 Å². The van der Waals surface area contributed by atoms with Gasteiger partial charge in [-0.15, -0.1) is 0 Å². The third kappa shape index (κ3) is 10.4. The lowest BCUT2D eigenvalue weighted by atomic mass is 10.1. The number of carbonyl (C=O) groups is 4. The number of rotatable bonds is 14. The van der Waals surface area contributed by atoms with Crippen LogP contribution in [0.25, 0.3) is 0 Å². The van der Waals surface area contributed by atoms with Crippen molar-refractivity contribution in [1.82, 2.24) is 0 Å². The van der Waals surface area contributed by atoms with Gasteiger partial charge < -0.3 is 48.5 Å². The largest absolute Gasteiger partial charge is 0.496 e. The fourth-order valence-electron chi connectivity index (χ4n) is 5.88. The summed E-state index contributed by atoms with van der Waals surface area (Å²) in [6, 6.07) is 32.1. The van der Waals surface area contributed by atoms with E-state index >= 15 is 0 Å². The molecular weight excluding hydrogens is 797 g/mol. The normalized spacial score (nSPS) is 10.2. The number of benzene rings is 6. The summed E-state index contributed by atoms with van der Waals surface area (Å²) in [6.45, 7) is 0. The molecule has 0 aliphatic carbocycles. The summed E-state index contributed by atoms with van der Waals surface area (Å²) in [6.07, 6.45) is 0. The van der Waals surface area contributed by atoms with Gasteiger partial charge in [0.25, 0.3) is 11.8 Å². The van der Waals surface area contributed by atoms with Crippen molar-refractivity contribution in [2.75, 3.05) is 53.3 Å². The molecule has 0 saturated heterocycles. The SMILES string of the molecule is COc1cc(OC)c(C(=O)Nc2ccc(C(=O)Oc3ccc(C#Cc4ccc(OC(=O)c5ccc(NC(=O)c6cc(OC)c(OC)cc6OC)cc5)cc4)cc3)cc2)cc1OC. The van der Waals surface area contributed by atoms with Crippen LogP contribution in [-0.4, -0.2) is 66.4 Å². The Balaban J connectivity index is 0.988. The zero-order valence-corrected chi connectivity index (χ0v) is 34.4. The molecule has 0 heterocycles. The molecule has 6 rings (SSSR count). The number of amides is 2. The first-order valence-electron chi connectivity index (χ1n) is 18.7. The third-order valence-electron chi connectivity index (χ3n) is 9.14. The Kier molecular flexibility index (Phi) is 13.9. The average molecular weight is 837 g/mol. The van der Waals surface area contributed by atoms with E-state index in [0.717, 1.165) is 0 Å². The van der Waals surface area contributed by atoms with Crippen molar-refractivity contribution in [3.63, 3.8) is 0 Å². The summed E-state index contributed by atoms with van der Waals surface area (Å²) in [5.41, 5.74) is 3.27. The molecule has 2 amide bonds. The summed E-state index contributed by atoms with van der Waals surface area (Å²) >= 11 is 0. The van der Waals surface area contributed by atoms with E-state index in [0.29, 0.717) is 68.5 Å².